The number of likely N-dealkylation sites (N-methyl/N-ethyl adjacent to an activating group) is 1. The van der Waals surface area contributed by atoms with Gasteiger partial charge in [0.05, 0.1) is 5.69 Å². The zero-order valence-electron chi connectivity index (χ0n) is 18.5. The molecule has 4 rings (SSSR count). The number of aryl methyl sites for hydroxylation is 1. The van der Waals surface area contributed by atoms with Crippen molar-refractivity contribution < 1.29 is 23.1 Å². The van der Waals surface area contributed by atoms with E-state index >= 15 is 0 Å². The summed E-state index contributed by atoms with van der Waals surface area (Å²) in [6.07, 6.45) is 3.81. The van der Waals surface area contributed by atoms with E-state index in [9.17, 15) is 18.4 Å². The summed E-state index contributed by atoms with van der Waals surface area (Å²) < 4.78 is 34.6. The Morgan fingerprint density at radius 1 is 1.09 bits per heavy atom. The number of rotatable bonds is 7. The third-order valence-corrected chi connectivity index (χ3v) is 5.29. The Morgan fingerprint density at radius 2 is 1.85 bits per heavy atom. The first-order valence-corrected chi connectivity index (χ1v) is 10.5. The number of benzene rings is 2. The summed E-state index contributed by atoms with van der Waals surface area (Å²) in [5.41, 5.74) is 3.07. The Balaban J connectivity index is 1.43. The first-order valence-electron chi connectivity index (χ1n) is 10.5. The molecule has 4 aromatic rings. The van der Waals surface area contributed by atoms with Crippen LogP contribution in [0.5, 0.6) is 5.75 Å². The molecule has 2 amide bonds. The van der Waals surface area contributed by atoms with Gasteiger partial charge >= 0.3 is 0 Å². The number of nitrogens with zero attached hydrogens (tertiary/aromatic N) is 2. The Bertz CT molecular complexity index is 1350. The van der Waals surface area contributed by atoms with Crippen LogP contribution in [0.1, 0.15) is 33.2 Å². The molecule has 0 saturated carbocycles. The van der Waals surface area contributed by atoms with Gasteiger partial charge in [-0.1, -0.05) is 12.1 Å². The second-order valence-electron chi connectivity index (χ2n) is 7.66. The zero-order chi connectivity index (χ0) is 24.2. The predicted molar refractivity (Wildman–Crippen MR) is 121 cm³/mol. The molecule has 0 radical (unpaired) electrons. The van der Waals surface area contributed by atoms with Crippen LogP contribution in [0.15, 0.2) is 67.0 Å². The third-order valence-electron chi connectivity index (χ3n) is 5.29. The van der Waals surface area contributed by atoms with Gasteiger partial charge in [-0.3, -0.25) is 9.59 Å². The number of ether oxygens (including phenoxy) is 1. The van der Waals surface area contributed by atoms with Crippen molar-refractivity contribution in [1.29, 1.82) is 0 Å². The average molecular weight is 464 g/mol. The minimum atomic E-state index is -1.19. The summed E-state index contributed by atoms with van der Waals surface area (Å²) in [5.74, 6) is -2.74. The Labute approximate surface area is 194 Å². The molecule has 9 heteroatoms. The van der Waals surface area contributed by atoms with Crippen LogP contribution in [0.2, 0.25) is 0 Å². The average Bonchev–Trinajstić information content (AvgIpc) is 3.27. The van der Waals surface area contributed by atoms with E-state index in [0.717, 1.165) is 29.0 Å². The van der Waals surface area contributed by atoms with Crippen molar-refractivity contribution in [2.45, 2.75) is 19.6 Å². The second-order valence-corrected chi connectivity index (χ2v) is 7.66. The highest BCUT2D eigenvalue weighted by molar-refractivity contribution is 5.97. The quantitative estimate of drug-likeness (QED) is 0.437. The summed E-state index contributed by atoms with van der Waals surface area (Å²) in [4.78, 5) is 29.5. The number of amides is 2. The minimum Gasteiger partial charge on any atom is -0.487 e. The van der Waals surface area contributed by atoms with Crippen molar-refractivity contribution in [1.82, 2.24) is 20.0 Å². The zero-order valence-corrected chi connectivity index (χ0v) is 18.5. The van der Waals surface area contributed by atoms with Crippen LogP contribution in [0.3, 0.4) is 0 Å². The van der Waals surface area contributed by atoms with Gasteiger partial charge in [-0.15, -0.1) is 0 Å². The molecule has 0 bridgehead atoms. The maximum atomic E-state index is 13.6. The van der Waals surface area contributed by atoms with E-state index in [2.05, 4.69) is 15.6 Å². The Morgan fingerprint density at radius 3 is 2.53 bits per heavy atom. The van der Waals surface area contributed by atoms with Crippen LogP contribution < -0.4 is 15.4 Å². The first kappa shape index (κ1) is 22.9. The lowest BCUT2D eigenvalue weighted by Crippen LogP contribution is -2.39. The molecule has 1 unspecified atom stereocenters. The molecule has 7 nitrogen and oxygen atoms in total. The van der Waals surface area contributed by atoms with Crippen LogP contribution in [0, 0.1) is 18.6 Å². The van der Waals surface area contributed by atoms with E-state index in [0.29, 0.717) is 5.75 Å². The largest absolute Gasteiger partial charge is 0.487 e. The summed E-state index contributed by atoms with van der Waals surface area (Å²) in [5, 5.41) is 4.96. The van der Waals surface area contributed by atoms with Gasteiger partial charge in [0.1, 0.15) is 24.0 Å². The van der Waals surface area contributed by atoms with Crippen LogP contribution in [0.4, 0.5) is 8.78 Å². The van der Waals surface area contributed by atoms with Crippen molar-refractivity contribution in [3.05, 3.63) is 101 Å². The summed E-state index contributed by atoms with van der Waals surface area (Å²) in [6, 6.07) is 12.1. The number of imidazole rings is 1. The van der Waals surface area contributed by atoms with Crippen LogP contribution in [0.25, 0.3) is 5.65 Å². The molecular weight excluding hydrogens is 442 g/mol. The van der Waals surface area contributed by atoms with Gasteiger partial charge < -0.3 is 19.8 Å². The van der Waals surface area contributed by atoms with E-state index in [1.807, 2.05) is 35.9 Å². The topological polar surface area (TPSA) is 84.7 Å². The van der Waals surface area contributed by atoms with Crippen LogP contribution in [-0.4, -0.2) is 28.2 Å². The summed E-state index contributed by atoms with van der Waals surface area (Å²) >= 11 is 0. The number of pyridine rings is 1. The van der Waals surface area contributed by atoms with Crippen molar-refractivity contribution in [3.63, 3.8) is 0 Å². The van der Waals surface area contributed by atoms with E-state index in [4.69, 9.17) is 4.74 Å². The second kappa shape index (κ2) is 9.70. The maximum Gasteiger partial charge on any atom is 0.252 e. The molecule has 2 N–H and O–H groups in total. The molecule has 2 aromatic carbocycles. The predicted octanol–water partition coefficient (Wildman–Crippen LogP) is 3.72. The minimum absolute atomic E-state index is 0.120. The molecule has 0 fully saturated rings. The Kier molecular flexibility index (Phi) is 6.53. The smallest absolute Gasteiger partial charge is 0.252 e. The van der Waals surface area contributed by atoms with Gasteiger partial charge in [-0.05, 0) is 60.5 Å². The highest BCUT2D eigenvalue weighted by Crippen LogP contribution is 2.19. The molecule has 0 spiro atoms. The highest BCUT2D eigenvalue weighted by Gasteiger charge is 2.23. The molecule has 2 heterocycles. The number of carbonyl (C=O) groups excluding carboxylic acids is 2. The lowest BCUT2D eigenvalue weighted by molar-refractivity contribution is -0.122. The number of halogens is 2. The number of nitrogens with one attached hydrogen (secondary N) is 2. The van der Waals surface area contributed by atoms with Crippen LogP contribution >= 0.6 is 0 Å². The molecule has 0 saturated heterocycles. The number of aromatic nitrogens is 2. The molecular formula is C25H22F2N4O3. The fourth-order valence-electron chi connectivity index (χ4n) is 3.48. The van der Waals surface area contributed by atoms with Gasteiger partial charge in [-0.25, -0.2) is 13.8 Å². The number of hydrogen-bond donors (Lipinski definition) is 2. The van der Waals surface area contributed by atoms with E-state index < -0.39 is 29.5 Å². The van der Waals surface area contributed by atoms with E-state index in [1.165, 1.54) is 13.1 Å². The molecule has 34 heavy (non-hydrogen) atoms. The first-order chi connectivity index (χ1) is 16.4. The molecule has 0 aliphatic carbocycles. The summed E-state index contributed by atoms with van der Waals surface area (Å²) in [6.45, 7) is 2.24. The monoisotopic (exact) mass is 464 g/mol. The van der Waals surface area contributed by atoms with Gasteiger partial charge in [0.25, 0.3) is 5.91 Å². The van der Waals surface area contributed by atoms with Crippen molar-refractivity contribution in [3.8, 4) is 5.75 Å². The maximum absolute atomic E-state index is 13.6. The lowest BCUT2D eigenvalue weighted by Gasteiger charge is -2.18. The van der Waals surface area contributed by atoms with Gasteiger partial charge in [0.15, 0.2) is 11.6 Å². The highest BCUT2D eigenvalue weighted by atomic mass is 19.2. The number of carbonyl (C=O) groups is 2. The number of hydrogen-bond acceptors (Lipinski definition) is 4. The lowest BCUT2D eigenvalue weighted by atomic mass is 10.0. The molecule has 2 aromatic heterocycles. The standard InChI is InChI=1S/C25H22F2N4O3/c1-15-4-3-11-31-13-18(29-23(15)31)14-34-19-8-5-16(6-9-19)24(32)30-22(25(33)28-2)17-7-10-20(26)21(27)12-17/h3-13,22H,14H2,1-2H3,(H,28,33)(H,30,32). The van der Waals surface area contributed by atoms with Crippen molar-refractivity contribution >= 4 is 17.5 Å². The fourth-order valence-corrected chi connectivity index (χ4v) is 3.48. The third kappa shape index (κ3) is 4.88. The molecule has 0 aliphatic heterocycles. The SMILES string of the molecule is CNC(=O)C(NC(=O)c1ccc(OCc2cn3cccc(C)c3n2)cc1)c1ccc(F)c(F)c1. The fraction of sp³-hybridized carbons (Fsp3) is 0.160. The number of fused-ring (bicyclic) bond motifs is 1. The van der Waals surface area contributed by atoms with Gasteiger partial charge in [0, 0.05) is 25.0 Å². The van der Waals surface area contributed by atoms with Crippen LogP contribution in [-0.2, 0) is 11.4 Å². The summed E-state index contributed by atoms with van der Waals surface area (Å²) in [7, 11) is 1.39. The molecule has 1 atom stereocenters. The van der Waals surface area contributed by atoms with Crippen molar-refractivity contribution in [2.24, 2.45) is 0 Å². The van der Waals surface area contributed by atoms with E-state index in [1.54, 1.807) is 24.3 Å². The van der Waals surface area contributed by atoms with E-state index in [-0.39, 0.29) is 17.7 Å². The van der Waals surface area contributed by atoms with Gasteiger partial charge in [0.2, 0.25) is 5.91 Å². The molecule has 0 aliphatic rings. The van der Waals surface area contributed by atoms with Crippen molar-refractivity contribution in [2.75, 3.05) is 7.05 Å². The van der Waals surface area contributed by atoms with Gasteiger partial charge in [-0.2, -0.15) is 0 Å². The Hall–Kier alpha value is -4.27. The molecule has 174 valence electrons. The normalized spacial score (nSPS) is 11.8.